The number of hydrogen-bond acceptors (Lipinski definition) is 4. The van der Waals surface area contributed by atoms with Crippen LogP contribution in [0, 0.1) is 6.92 Å². The summed E-state index contributed by atoms with van der Waals surface area (Å²) in [5.74, 6) is -0.422. The van der Waals surface area contributed by atoms with Gasteiger partial charge in [0.05, 0.1) is 11.2 Å². The maximum atomic E-state index is 12.8. The number of aryl methyl sites for hydroxylation is 1. The third-order valence-electron chi connectivity index (χ3n) is 5.76. The average Bonchev–Trinajstić information content (AvgIpc) is 2.92. The lowest BCUT2D eigenvalue weighted by atomic mass is 9.82. The molecule has 0 unspecified atom stereocenters. The van der Waals surface area contributed by atoms with Gasteiger partial charge in [-0.25, -0.2) is 4.79 Å². The number of aromatic nitrogens is 1. The van der Waals surface area contributed by atoms with E-state index in [1.54, 1.807) is 6.20 Å². The van der Waals surface area contributed by atoms with Gasteiger partial charge in [-0.2, -0.15) is 0 Å². The molecule has 2 fully saturated rings. The number of carbonyl (C=O) groups excluding carboxylic acids is 3. The SMILES string of the molecule is Cc1ccc(NC(=O)CCN2C(=O)NC3(CCCCC3)C2=O)c2cccnc12. The number of carbonyl (C=O) groups is 3. The van der Waals surface area contributed by atoms with Gasteiger partial charge in [-0.15, -0.1) is 0 Å². The van der Waals surface area contributed by atoms with E-state index in [-0.39, 0.29) is 30.8 Å². The van der Waals surface area contributed by atoms with Crippen LogP contribution in [0.1, 0.15) is 44.1 Å². The summed E-state index contributed by atoms with van der Waals surface area (Å²) < 4.78 is 0. The number of pyridine rings is 1. The molecule has 0 atom stereocenters. The minimum atomic E-state index is -0.745. The Labute approximate surface area is 163 Å². The van der Waals surface area contributed by atoms with Gasteiger partial charge in [-0.1, -0.05) is 25.3 Å². The maximum Gasteiger partial charge on any atom is 0.325 e. The predicted molar refractivity (Wildman–Crippen MR) is 106 cm³/mol. The molecular formula is C21H24N4O3. The molecule has 4 amide bonds. The number of amides is 4. The van der Waals surface area contributed by atoms with Crippen molar-refractivity contribution in [1.82, 2.24) is 15.2 Å². The number of urea groups is 1. The molecule has 1 aliphatic carbocycles. The fourth-order valence-electron chi connectivity index (χ4n) is 4.22. The van der Waals surface area contributed by atoms with Crippen molar-refractivity contribution in [2.75, 3.05) is 11.9 Å². The molecule has 2 N–H and O–H groups in total. The molecule has 1 aliphatic heterocycles. The summed E-state index contributed by atoms with van der Waals surface area (Å²) in [6, 6.07) is 7.12. The fraction of sp³-hybridized carbons (Fsp3) is 0.429. The topological polar surface area (TPSA) is 91.4 Å². The number of anilines is 1. The summed E-state index contributed by atoms with van der Waals surface area (Å²) in [6.07, 6.45) is 6.12. The van der Waals surface area contributed by atoms with Crippen molar-refractivity contribution < 1.29 is 14.4 Å². The van der Waals surface area contributed by atoms with Crippen molar-refractivity contribution in [2.24, 2.45) is 0 Å². The Morgan fingerprint density at radius 3 is 2.79 bits per heavy atom. The number of benzene rings is 1. The number of rotatable bonds is 4. The van der Waals surface area contributed by atoms with Gasteiger partial charge in [-0.05, 0) is 43.5 Å². The molecule has 1 spiro atoms. The average molecular weight is 380 g/mol. The van der Waals surface area contributed by atoms with Gasteiger partial charge in [0.15, 0.2) is 0 Å². The molecule has 2 aliphatic rings. The lowest BCUT2D eigenvalue weighted by molar-refractivity contribution is -0.132. The molecule has 2 heterocycles. The van der Waals surface area contributed by atoms with Crippen LogP contribution in [0.4, 0.5) is 10.5 Å². The molecule has 0 bridgehead atoms. The van der Waals surface area contributed by atoms with E-state index in [2.05, 4.69) is 15.6 Å². The van der Waals surface area contributed by atoms with Gasteiger partial charge in [0.25, 0.3) is 5.91 Å². The zero-order chi connectivity index (χ0) is 19.7. The Morgan fingerprint density at radius 1 is 1.21 bits per heavy atom. The molecule has 4 rings (SSSR count). The van der Waals surface area contributed by atoms with Crippen LogP contribution in [-0.4, -0.2) is 39.8 Å². The van der Waals surface area contributed by atoms with Crippen LogP contribution in [0.3, 0.4) is 0 Å². The Hall–Kier alpha value is -2.96. The monoisotopic (exact) mass is 380 g/mol. The minimum absolute atomic E-state index is 0.0604. The van der Waals surface area contributed by atoms with E-state index in [1.165, 1.54) is 4.90 Å². The molecule has 7 heteroatoms. The van der Waals surface area contributed by atoms with E-state index in [4.69, 9.17) is 0 Å². The zero-order valence-corrected chi connectivity index (χ0v) is 16.0. The van der Waals surface area contributed by atoms with Crippen molar-refractivity contribution in [2.45, 2.75) is 51.0 Å². The van der Waals surface area contributed by atoms with Crippen LogP contribution in [0.15, 0.2) is 30.5 Å². The lowest BCUT2D eigenvalue weighted by Gasteiger charge is -2.30. The van der Waals surface area contributed by atoms with E-state index in [9.17, 15) is 14.4 Å². The van der Waals surface area contributed by atoms with Gasteiger partial charge in [-0.3, -0.25) is 19.5 Å². The maximum absolute atomic E-state index is 12.8. The Balaban J connectivity index is 1.42. The van der Waals surface area contributed by atoms with Gasteiger partial charge >= 0.3 is 6.03 Å². The summed E-state index contributed by atoms with van der Waals surface area (Å²) in [5.41, 5.74) is 1.81. The second-order valence-corrected chi connectivity index (χ2v) is 7.66. The number of imide groups is 1. The van der Waals surface area contributed by atoms with Crippen molar-refractivity contribution in [3.63, 3.8) is 0 Å². The molecule has 1 saturated heterocycles. The highest BCUT2D eigenvalue weighted by molar-refractivity contribution is 6.07. The normalized spacial score (nSPS) is 18.5. The summed E-state index contributed by atoms with van der Waals surface area (Å²) in [6.45, 7) is 2.06. The van der Waals surface area contributed by atoms with E-state index >= 15 is 0 Å². The standard InChI is InChI=1S/C21H24N4O3/c1-14-7-8-16(15-6-5-12-22-18(14)15)23-17(26)9-13-25-19(27)21(24-20(25)28)10-3-2-4-11-21/h5-8,12H,2-4,9-11,13H2,1H3,(H,23,26)(H,24,28). The second kappa shape index (κ2) is 7.22. The second-order valence-electron chi connectivity index (χ2n) is 7.66. The van der Waals surface area contributed by atoms with Crippen molar-refractivity contribution in [3.8, 4) is 0 Å². The summed E-state index contributed by atoms with van der Waals surface area (Å²) in [7, 11) is 0. The fourth-order valence-corrected chi connectivity index (χ4v) is 4.22. The first-order valence-corrected chi connectivity index (χ1v) is 9.78. The van der Waals surface area contributed by atoms with E-state index in [0.29, 0.717) is 18.5 Å². The molecule has 2 aromatic rings. The number of nitrogens with zero attached hydrogens (tertiary/aromatic N) is 2. The number of hydrogen-bond donors (Lipinski definition) is 2. The highest BCUT2D eigenvalue weighted by Crippen LogP contribution is 2.33. The minimum Gasteiger partial charge on any atom is -0.325 e. The molecule has 146 valence electrons. The number of fused-ring (bicyclic) bond motifs is 1. The molecule has 0 radical (unpaired) electrons. The largest absolute Gasteiger partial charge is 0.325 e. The van der Waals surface area contributed by atoms with E-state index < -0.39 is 5.54 Å². The Bertz CT molecular complexity index is 950. The quantitative estimate of drug-likeness (QED) is 0.797. The van der Waals surface area contributed by atoms with Gasteiger partial charge in [0, 0.05) is 24.5 Å². The van der Waals surface area contributed by atoms with Crippen molar-refractivity contribution in [3.05, 3.63) is 36.0 Å². The first-order valence-electron chi connectivity index (χ1n) is 9.78. The number of nitrogens with one attached hydrogen (secondary N) is 2. The van der Waals surface area contributed by atoms with Gasteiger partial charge in [0.2, 0.25) is 5.91 Å². The molecule has 1 aromatic carbocycles. The molecule has 1 saturated carbocycles. The lowest BCUT2D eigenvalue weighted by Crippen LogP contribution is -2.48. The molecule has 7 nitrogen and oxygen atoms in total. The molecular weight excluding hydrogens is 356 g/mol. The van der Waals surface area contributed by atoms with Crippen LogP contribution in [0.25, 0.3) is 10.9 Å². The third kappa shape index (κ3) is 3.21. The molecule has 1 aromatic heterocycles. The van der Waals surface area contributed by atoms with Gasteiger partial charge in [0.1, 0.15) is 5.54 Å². The molecule has 28 heavy (non-hydrogen) atoms. The Kier molecular flexibility index (Phi) is 4.75. The first kappa shape index (κ1) is 18.4. The third-order valence-corrected chi connectivity index (χ3v) is 5.76. The van der Waals surface area contributed by atoms with Crippen LogP contribution in [0.2, 0.25) is 0 Å². The highest BCUT2D eigenvalue weighted by atomic mass is 16.2. The van der Waals surface area contributed by atoms with Crippen LogP contribution in [-0.2, 0) is 9.59 Å². The van der Waals surface area contributed by atoms with Crippen LogP contribution >= 0.6 is 0 Å². The van der Waals surface area contributed by atoms with E-state index in [0.717, 1.165) is 35.7 Å². The Morgan fingerprint density at radius 2 is 2.00 bits per heavy atom. The summed E-state index contributed by atoms with van der Waals surface area (Å²) in [5, 5.41) is 6.63. The van der Waals surface area contributed by atoms with E-state index in [1.807, 2.05) is 31.2 Å². The van der Waals surface area contributed by atoms with Crippen molar-refractivity contribution >= 4 is 34.4 Å². The first-order chi connectivity index (χ1) is 13.5. The predicted octanol–water partition coefficient (Wildman–Crippen LogP) is 3.13. The van der Waals surface area contributed by atoms with Crippen LogP contribution < -0.4 is 10.6 Å². The van der Waals surface area contributed by atoms with Crippen molar-refractivity contribution in [1.29, 1.82) is 0 Å². The van der Waals surface area contributed by atoms with Gasteiger partial charge < -0.3 is 10.6 Å². The van der Waals surface area contributed by atoms with Crippen LogP contribution in [0.5, 0.6) is 0 Å². The summed E-state index contributed by atoms with van der Waals surface area (Å²) in [4.78, 5) is 43.1. The summed E-state index contributed by atoms with van der Waals surface area (Å²) >= 11 is 0. The smallest absolute Gasteiger partial charge is 0.325 e. The highest BCUT2D eigenvalue weighted by Gasteiger charge is 2.51. The zero-order valence-electron chi connectivity index (χ0n) is 16.0.